The molecule has 7 heteroatoms. The number of benzene rings is 1. The molecule has 1 aromatic carbocycles. The van der Waals surface area contributed by atoms with Crippen LogP contribution in [0.2, 0.25) is 0 Å². The second-order valence-electron chi connectivity index (χ2n) is 6.47. The van der Waals surface area contributed by atoms with E-state index in [0.717, 1.165) is 63.3 Å². The lowest BCUT2D eigenvalue weighted by atomic mass is 10.1. The smallest absolute Gasteiger partial charge is 0.269 e. The number of rotatable bonds is 5. The van der Waals surface area contributed by atoms with Crippen LogP contribution in [-0.2, 0) is 16.1 Å². The van der Waals surface area contributed by atoms with Crippen molar-refractivity contribution in [1.29, 1.82) is 0 Å². The average molecular weight is 335 g/mol. The van der Waals surface area contributed by atoms with E-state index < -0.39 is 0 Å². The van der Waals surface area contributed by atoms with E-state index in [1.807, 2.05) is 6.07 Å². The molecule has 2 fully saturated rings. The standard InChI is InChI=1S/C17H25N3O4/c1-18-7-9-19(10-8-18)16-6-5-15(20(21)22)12-14(16)13-24-17-4-2-3-11-23-17/h5-6,12,17H,2-4,7-11,13H2,1H3. The van der Waals surface area contributed by atoms with E-state index in [-0.39, 0.29) is 16.9 Å². The minimum absolute atomic E-state index is 0.107. The van der Waals surface area contributed by atoms with Gasteiger partial charge in [0.1, 0.15) is 0 Å². The fourth-order valence-corrected chi connectivity index (χ4v) is 3.18. The van der Waals surface area contributed by atoms with E-state index in [1.54, 1.807) is 12.1 Å². The fraction of sp³-hybridized carbons (Fsp3) is 0.647. The van der Waals surface area contributed by atoms with Gasteiger partial charge in [0.25, 0.3) is 5.69 Å². The van der Waals surface area contributed by atoms with Crippen molar-refractivity contribution >= 4 is 11.4 Å². The van der Waals surface area contributed by atoms with E-state index >= 15 is 0 Å². The number of non-ortho nitro benzene ring substituents is 1. The van der Waals surface area contributed by atoms with E-state index in [0.29, 0.717) is 6.61 Å². The summed E-state index contributed by atoms with van der Waals surface area (Å²) in [6, 6.07) is 5.06. The van der Waals surface area contributed by atoms with Crippen molar-refractivity contribution in [1.82, 2.24) is 4.90 Å². The summed E-state index contributed by atoms with van der Waals surface area (Å²) in [6.07, 6.45) is 2.87. The van der Waals surface area contributed by atoms with Gasteiger partial charge in [-0.05, 0) is 32.4 Å². The molecule has 2 aliphatic heterocycles. The molecule has 7 nitrogen and oxygen atoms in total. The van der Waals surface area contributed by atoms with Gasteiger partial charge in [-0.2, -0.15) is 0 Å². The van der Waals surface area contributed by atoms with Crippen LogP contribution in [0.1, 0.15) is 24.8 Å². The van der Waals surface area contributed by atoms with Crippen molar-refractivity contribution in [3.8, 4) is 0 Å². The average Bonchev–Trinajstić information content (AvgIpc) is 2.61. The van der Waals surface area contributed by atoms with Gasteiger partial charge in [0.15, 0.2) is 6.29 Å². The highest BCUT2D eigenvalue weighted by atomic mass is 16.7. The molecule has 0 radical (unpaired) electrons. The Morgan fingerprint density at radius 3 is 2.75 bits per heavy atom. The molecule has 2 heterocycles. The van der Waals surface area contributed by atoms with Crippen LogP contribution in [0, 0.1) is 10.1 Å². The molecular formula is C17H25N3O4. The Bertz CT molecular complexity index is 567. The maximum atomic E-state index is 11.1. The van der Waals surface area contributed by atoms with Crippen LogP contribution in [0.3, 0.4) is 0 Å². The van der Waals surface area contributed by atoms with Gasteiger partial charge >= 0.3 is 0 Å². The second-order valence-corrected chi connectivity index (χ2v) is 6.47. The third kappa shape index (κ3) is 4.23. The molecule has 0 bridgehead atoms. The first-order valence-corrected chi connectivity index (χ1v) is 8.57. The molecule has 1 unspecified atom stereocenters. The van der Waals surface area contributed by atoms with Crippen LogP contribution in [0.15, 0.2) is 18.2 Å². The minimum Gasteiger partial charge on any atom is -0.369 e. The van der Waals surface area contributed by atoms with Gasteiger partial charge in [0.05, 0.1) is 11.5 Å². The van der Waals surface area contributed by atoms with Gasteiger partial charge in [-0.15, -0.1) is 0 Å². The summed E-state index contributed by atoms with van der Waals surface area (Å²) < 4.78 is 11.5. The van der Waals surface area contributed by atoms with E-state index in [9.17, 15) is 10.1 Å². The lowest BCUT2D eigenvalue weighted by Crippen LogP contribution is -2.44. The van der Waals surface area contributed by atoms with Crippen LogP contribution < -0.4 is 4.90 Å². The summed E-state index contributed by atoms with van der Waals surface area (Å²) in [6.45, 7) is 4.88. The Kier molecular flexibility index (Phi) is 5.65. The first-order valence-electron chi connectivity index (χ1n) is 8.57. The lowest BCUT2D eigenvalue weighted by molar-refractivity contribution is -0.385. The molecule has 0 saturated carbocycles. The highest BCUT2D eigenvalue weighted by molar-refractivity contribution is 5.58. The van der Waals surface area contributed by atoms with Crippen LogP contribution in [0.4, 0.5) is 11.4 Å². The first kappa shape index (κ1) is 17.1. The molecule has 0 aromatic heterocycles. The van der Waals surface area contributed by atoms with Gasteiger partial charge in [0, 0.05) is 56.2 Å². The number of ether oxygens (including phenoxy) is 2. The fourth-order valence-electron chi connectivity index (χ4n) is 3.18. The quantitative estimate of drug-likeness (QED) is 0.608. The number of nitrogens with zero attached hydrogens (tertiary/aromatic N) is 3. The van der Waals surface area contributed by atoms with Gasteiger partial charge in [0.2, 0.25) is 0 Å². The summed E-state index contributed by atoms with van der Waals surface area (Å²) >= 11 is 0. The molecule has 0 aliphatic carbocycles. The number of likely N-dealkylation sites (N-methyl/N-ethyl adjacent to an activating group) is 1. The van der Waals surface area contributed by atoms with Crippen molar-refractivity contribution in [3.63, 3.8) is 0 Å². The Labute approximate surface area is 142 Å². The number of hydrogen-bond acceptors (Lipinski definition) is 6. The number of piperazine rings is 1. The van der Waals surface area contributed by atoms with Gasteiger partial charge in [-0.1, -0.05) is 0 Å². The SMILES string of the molecule is CN1CCN(c2ccc([N+](=O)[O-])cc2COC2CCCCO2)CC1. The van der Waals surface area contributed by atoms with Gasteiger partial charge in [-0.3, -0.25) is 10.1 Å². The highest BCUT2D eigenvalue weighted by Gasteiger charge is 2.21. The van der Waals surface area contributed by atoms with Crippen molar-refractivity contribution in [2.75, 3.05) is 44.7 Å². The van der Waals surface area contributed by atoms with Gasteiger partial charge < -0.3 is 19.3 Å². The molecule has 1 atom stereocenters. The normalized spacial score (nSPS) is 22.5. The zero-order valence-electron chi connectivity index (χ0n) is 14.1. The monoisotopic (exact) mass is 335 g/mol. The molecule has 2 aliphatic rings. The Balaban J connectivity index is 1.75. The van der Waals surface area contributed by atoms with E-state index in [2.05, 4.69) is 16.8 Å². The summed E-state index contributed by atoms with van der Waals surface area (Å²) in [5.74, 6) is 0. The molecule has 0 spiro atoms. The molecule has 3 rings (SSSR count). The van der Waals surface area contributed by atoms with E-state index in [4.69, 9.17) is 9.47 Å². The van der Waals surface area contributed by atoms with Crippen molar-refractivity contribution in [3.05, 3.63) is 33.9 Å². The molecule has 0 amide bonds. The Morgan fingerprint density at radius 1 is 1.29 bits per heavy atom. The molecule has 1 aromatic rings. The predicted molar refractivity (Wildman–Crippen MR) is 91.2 cm³/mol. The molecule has 0 N–H and O–H groups in total. The van der Waals surface area contributed by atoms with Crippen molar-refractivity contribution in [2.24, 2.45) is 0 Å². The maximum absolute atomic E-state index is 11.1. The van der Waals surface area contributed by atoms with Crippen molar-refractivity contribution < 1.29 is 14.4 Å². The zero-order valence-corrected chi connectivity index (χ0v) is 14.1. The number of nitro groups is 1. The molecule has 2 saturated heterocycles. The lowest BCUT2D eigenvalue weighted by Gasteiger charge is -2.35. The summed E-state index contributed by atoms with van der Waals surface area (Å²) in [4.78, 5) is 15.3. The van der Waals surface area contributed by atoms with Crippen LogP contribution >= 0.6 is 0 Å². The molecular weight excluding hydrogens is 310 g/mol. The van der Waals surface area contributed by atoms with Crippen LogP contribution in [0.25, 0.3) is 0 Å². The van der Waals surface area contributed by atoms with Gasteiger partial charge in [-0.25, -0.2) is 0 Å². The number of nitro benzene ring substituents is 1. The number of anilines is 1. The largest absolute Gasteiger partial charge is 0.369 e. The summed E-state index contributed by atoms with van der Waals surface area (Å²) in [5.41, 5.74) is 2.00. The van der Waals surface area contributed by atoms with Crippen LogP contribution in [-0.4, -0.2) is 55.9 Å². The predicted octanol–water partition coefficient (Wildman–Crippen LogP) is 2.39. The summed E-state index contributed by atoms with van der Waals surface area (Å²) in [5, 5.41) is 11.1. The Morgan fingerprint density at radius 2 is 2.08 bits per heavy atom. The summed E-state index contributed by atoms with van der Waals surface area (Å²) in [7, 11) is 2.11. The first-order chi connectivity index (χ1) is 11.6. The topological polar surface area (TPSA) is 68.1 Å². The third-order valence-corrected chi connectivity index (χ3v) is 4.68. The van der Waals surface area contributed by atoms with E-state index in [1.165, 1.54) is 0 Å². The second kappa shape index (κ2) is 7.92. The zero-order chi connectivity index (χ0) is 16.9. The number of hydrogen-bond donors (Lipinski definition) is 0. The highest BCUT2D eigenvalue weighted by Crippen LogP contribution is 2.28. The molecule has 132 valence electrons. The maximum Gasteiger partial charge on any atom is 0.269 e. The minimum atomic E-state index is -0.353. The molecule has 24 heavy (non-hydrogen) atoms. The van der Waals surface area contributed by atoms with Crippen molar-refractivity contribution in [2.45, 2.75) is 32.2 Å². The van der Waals surface area contributed by atoms with Crippen LogP contribution in [0.5, 0.6) is 0 Å². The Hall–Kier alpha value is -1.70. The third-order valence-electron chi connectivity index (χ3n) is 4.68.